The van der Waals surface area contributed by atoms with Crippen molar-refractivity contribution in [3.05, 3.63) is 79.7 Å². The van der Waals surface area contributed by atoms with Crippen LogP contribution in [0.1, 0.15) is 44.8 Å². The lowest BCUT2D eigenvalue weighted by Gasteiger charge is -2.14. The van der Waals surface area contributed by atoms with Crippen LogP contribution in [0, 0.1) is 15.9 Å². The average molecular weight is 444 g/mol. The quantitative estimate of drug-likeness (QED) is 0.468. The molecule has 8 nitrogen and oxygen atoms in total. The van der Waals surface area contributed by atoms with Crippen molar-refractivity contribution in [2.24, 2.45) is 0 Å². The van der Waals surface area contributed by atoms with Gasteiger partial charge in [-0.2, -0.15) is 9.78 Å². The standard InChI is InChI=1S/C21H15ClFN3O5/c22-14-5-3-7-17(26(30)31)18(14)20(27)25-16-6-2-1-4-13(16)19(24-25)12-9-8-11(21(28)29)10-15(12)23/h3,5,7-10H,1-2,4,6H2,(H,28,29). The molecule has 0 bridgehead atoms. The van der Waals surface area contributed by atoms with Gasteiger partial charge in [0.2, 0.25) is 0 Å². The number of carboxylic acid groups (broad SMARTS) is 1. The van der Waals surface area contributed by atoms with Crippen molar-refractivity contribution < 1.29 is 24.0 Å². The second-order valence-electron chi connectivity index (χ2n) is 7.09. The van der Waals surface area contributed by atoms with Gasteiger partial charge >= 0.3 is 5.97 Å². The molecule has 0 saturated heterocycles. The summed E-state index contributed by atoms with van der Waals surface area (Å²) < 4.78 is 15.8. The summed E-state index contributed by atoms with van der Waals surface area (Å²) in [6, 6.07) is 7.40. The molecular weight excluding hydrogens is 429 g/mol. The Kier molecular flexibility index (Phi) is 5.28. The monoisotopic (exact) mass is 443 g/mol. The molecule has 0 amide bonds. The molecule has 0 fully saturated rings. The Bertz CT molecular complexity index is 1250. The summed E-state index contributed by atoms with van der Waals surface area (Å²) in [5.74, 6) is -2.82. The number of aromatic carboxylic acids is 1. The molecule has 0 saturated carbocycles. The number of aromatic nitrogens is 2. The van der Waals surface area contributed by atoms with Gasteiger partial charge in [-0.25, -0.2) is 9.18 Å². The van der Waals surface area contributed by atoms with Crippen LogP contribution in [0.2, 0.25) is 5.02 Å². The fourth-order valence-electron chi connectivity index (χ4n) is 3.81. The van der Waals surface area contributed by atoms with E-state index in [9.17, 15) is 24.1 Å². The van der Waals surface area contributed by atoms with E-state index in [-0.39, 0.29) is 27.4 Å². The summed E-state index contributed by atoms with van der Waals surface area (Å²) >= 11 is 6.12. The lowest BCUT2D eigenvalue weighted by atomic mass is 9.93. The number of nitro benzene ring substituents is 1. The van der Waals surface area contributed by atoms with Crippen LogP contribution in [0.4, 0.5) is 10.1 Å². The van der Waals surface area contributed by atoms with E-state index in [1.807, 2.05) is 0 Å². The molecule has 1 aromatic heterocycles. The van der Waals surface area contributed by atoms with Gasteiger partial charge in [-0.3, -0.25) is 14.9 Å². The third kappa shape index (κ3) is 3.57. The van der Waals surface area contributed by atoms with Crippen molar-refractivity contribution in [3.8, 4) is 11.3 Å². The van der Waals surface area contributed by atoms with Crippen LogP contribution in [0.3, 0.4) is 0 Å². The first-order chi connectivity index (χ1) is 14.8. The fourth-order valence-corrected chi connectivity index (χ4v) is 4.06. The third-order valence-corrected chi connectivity index (χ3v) is 5.56. The predicted molar refractivity (Wildman–Crippen MR) is 109 cm³/mol. The lowest BCUT2D eigenvalue weighted by Crippen LogP contribution is -2.20. The van der Waals surface area contributed by atoms with E-state index in [2.05, 4.69) is 5.10 Å². The van der Waals surface area contributed by atoms with Crippen LogP contribution in [-0.4, -0.2) is 31.7 Å². The van der Waals surface area contributed by atoms with E-state index < -0.39 is 28.3 Å². The summed E-state index contributed by atoms with van der Waals surface area (Å²) in [7, 11) is 0. The minimum atomic E-state index is -1.26. The van der Waals surface area contributed by atoms with Gasteiger partial charge in [0.05, 0.1) is 26.9 Å². The number of fused-ring (bicyclic) bond motifs is 1. The SMILES string of the molecule is O=C(O)c1ccc(-c2nn(C(=O)c3c(Cl)cccc3[N+](=O)[O-])c3c2CCCC3)c(F)c1. The molecule has 1 aliphatic carbocycles. The predicted octanol–water partition coefficient (Wildman–Crippen LogP) is 4.52. The van der Waals surface area contributed by atoms with E-state index >= 15 is 0 Å². The van der Waals surface area contributed by atoms with Crippen molar-refractivity contribution in [1.29, 1.82) is 0 Å². The number of halogens is 2. The molecule has 158 valence electrons. The normalized spacial score (nSPS) is 13.0. The Labute approximate surface area is 180 Å². The largest absolute Gasteiger partial charge is 0.478 e. The second-order valence-corrected chi connectivity index (χ2v) is 7.50. The Morgan fingerprint density at radius 1 is 1.19 bits per heavy atom. The summed E-state index contributed by atoms with van der Waals surface area (Å²) in [5.41, 5.74) is 0.528. The van der Waals surface area contributed by atoms with Gasteiger partial charge < -0.3 is 5.11 Å². The minimum Gasteiger partial charge on any atom is -0.478 e. The van der Waals surface area contributed by atoms with Gasteiger partial charge in [0.1, 0.15) is 11.4 Å². The summed E-state index contributed by atoms with van der Waals surface area (Å²) in [6.07, 6.45) is 2.61. The Hall–Kier alpha value is -3.59. The van der Waals surface area contributed by atoms with Crippen LogP contribution in [0.5, 0.6) is 0 Å². The lowest BCUT2D eigenvalue weighted by molar-refractivity contribution is -0.385. The highest BCUT2D eigenvalue weighted by Crippen LogP contribution is 2.35. The molecule has 0 atom stereocenters. The van der Waals surface area contributed by atoms with Crippen LogP contribution >= 0.6 is 11.6 Å². The first kappa shape index (κ1) is 20.7. The number of carbonyl (C=O) groups is 2. The second kappa shape index (κ2) is 7.92. The minimum absolute atomic E-state index is 0.0587. The van der Waals surface area contributed by atoms with Gasteiger partial charge in [-0.05, 0) is 49.9 Å². The molecule has 31 heavy (non-hydrogen) atoms. The molecule has 1 heterocycles. The first-order valence-corrected chi connectivity index (χ1v) is 9.79. The fraction of sp³-hybridized carbons (Fsp3) is 0.190. The molecular formula is C21H15ClFN3O5. The molecule has 0 unspecified atom stereocenters. The van der Waals surface area contributed by atoms with Crippen LogP contribution in [0.25, 0.3) is 11.3 Å². The molecule has 4 rings (SSSR count). The van der Waals surface area contributed by atoms with Crippen molar-refractivity contribution in [2.75, 3.05) is 0 Å². The summed E-state index contributed by atoms with van der Waals surface area (Å²) in [4.78, 5) is 35.1. The number of nitro groups is 1. The van der Waals surface area contributed by atoms with Crippen molar-refractivity contribution >= 4 is 29.2 Å². The molecule has 3 aromatic rings. The zero-order valence-electron chi connectivity index (χ0n) is 16.0. The number of nitrogens with zero attached hydrogens (tertiary/aromatic N) is 3. The number of carbonyl (C=O) groups excluding carboxylic acids is 1. The maximum Gasteiger partial charge on any atom is 0.335 e. The summed E-state index contributed by atoms with van der Waals surface area (Å²) in [5, 5.41) is 24.7. The molecule has 0 spiro atoms. The first-order valence-electron chi connectivity index (χ1n) is 9.41. The topological polar surface area (TPSA) is 115 Å². The van der Waals surface area contributed by atoms with E-state index in [1.165, 1.54) is 30.3 Å². The molecule has 10 heteroatoms. The van der Waals surface area contributed by atoms with Crippen molar-refractivity contribution in [3.63, 3.8) is 0 Å². The molecule has 1 N–H and O–H groups in total. The number of rotatable bonds is 4. The Morgan fingerprint density at radius 3 is 2.61 bits per heavy atom. The number of hydrogen-bond donors (Lipinski definition) is 1. The third-order valence-electron chi connectivity index (χ3n) is 5.25. The zero-order chi connectivity index (χ0) is 22.3. The highest BCUT2D eigenvalue weighted by molar-refractivity contribution is 6.34. The molecule has 1 aliphatic rings. The van der Waals surface area contributed by atoms with Gasteiger partial charge in [-0.1, -0.05) is 17.7 Å². The highest BCUT2D eigenvalue weighted by Gasteiger charge is 2.31. The number of hydrogen-bond acceptors (Lipinski definition) is 5. The zero-order valence-corrected chi connectivity index (χ0v) is 16.7. The van der Waals surface area contributed by atoms with Crippen LogP contribution in [0.15, 0.2) is 36.4 Å². The van der Waals surface area contributed by atoms with Crippen LogP contribution < -0.4 is 0 Å². The Balaban J connectivity index is 1.89. The smallest absolute Gasteiger partial charge is 0.335 e. The molecule has 0 radical (unpaired) electrons. The van der Waals surface area contributed by atoms with E-state index in [0.29, 0.717) is 24.1 Å². The number of carboxylic acids is 1. The van der Waals surface area contributed by atoms with Gasteiger partial charge in [-0.15, -0.1) is 0 Å². The number of benzene rings is 2. The highest BCUT2D eigenvalue weighted by atomic mass is 35.5. The Morgan fingerprint density at radius 2 is 1.94 bits per heavy atom. The van der Waals surface area contributed by atoms with E-state index in [0.717, 1.165) is 23.6 Å². The van der Waals surface area contributed by atoms with Crippen molar-refractivity contribution in [1.82, 2.24) is 9.78 Å². The van der Waals surface area contributed by atoms with Gasteiger partial charge in [0.25, 0.3) is 11.6 Å². The molecule has 0 aliphatic heterocycles. The van der Waals surface area contributed by atoms with E-state index in [1.54, 1.807) is 0 Å². The summed E-state index contributed by atoms with van der Waals surface area (Å²) in [6.45, 7) is 0. The average Bonchev–Trinajstić information content (AvgIpc) is 3.12. The van der Waals surface area contributed by atoms with E-state index in [4.69, 9.17) is 16.7 Å². The van der Waals surface area contributed by atoms with Crippen LogP contribution in [-0.2, 0) is 12.8 Å². The maximum absolute atomic E-state index is 14.7. The van der Waals surface area contributed by atoms with Crippen molar-refractivity contribution in [2.45, 2.75) is 25.7 Å². The maximum atomic E-state index is 14.7. The van der Waals surface area contributed by atoms with Gasteiger partial charge in [0.15, 0.2) is 0 Å². The molecule has 2 aromatic carbocycles. The van der Waals surface area contributed by atoms with Gasteiger partial charge in [0, 0.05) is 17.2 Å².